The molecule has 1 aliphatic carbocycles. The highest BCUT2D eigenvalue weighted by atomic mass is 79.9. The molecule has 0 aliphatic heterocycles. The van der Waals surface area contributed by atoms with E-state index >= 15 is 0 Å². The van der Waals surface area contributed by atoms with Gasteiger partial charge in [0.2, 0.25) is 0 Å². The van der Waals surface area contributed by atoms with Crippen molar-refractivity contribution < 1.29 is 4.39 Å². The molecule has 0 spiro atoms. The Labute approximate surface area is 57.6 Å². The fraction of sp³-hybridized carbons (Fsp3) is 1.00. The molecule has 0 bridgehead atoms. The lowest BCUT2D eigenvalue weighted by molar-refractivity contribution is 0.343. The van der Waals surface area contributed by atoms with E-state index in [4.69, 9.17) is 0 Å². The predicted molar refractivity (Wildman–Crippen MR) is 36.0 cm³/mol. The predicted octanol–water partition coefficient (Wildman–Crippen LogP) is 2.52. The summed E-state index contributed by atoms with van der Waals surface area (Å²) in [5.41, 5.74) is 0.0417. The van der Waals surface area contributed by atoms with Crippen molar-refractivity contribution in [3.63, 3.8) is 0 Å². The zero-order valence-electron chi connectivity index (χ0n) is 4.95. The molecule has 0 heterocycles. The largest absolute Gasteiger partial charge is 0.250 e. The molecule has 0 aromatic rings. The van der Waals surface area contributed by atoms with Gasteiger partial charge >= 0.3 is 0 Å². The Morgan fingerprint density at radius 2 is 2.25 bits per heavy atom. The van der Waals surface area contributed by atoms with E-state index in [1.165, 1.54) is 0 Å². The molecule has 0 amide bonds. The van der Waals surface area contributed by atoms with Crippen molar-refractivity contribution >= 4 is 15.9 Å². The summed E-state index contributed by atoms with van der Waals surface area (Å²) >= 11 is 3.38. The van der Waals surface area contributed by atoms with Gasteiger partial charge in [-0.2, -0.15) is 0 Å². The van der Waals surface area contributed by atoms with Crippen LogP contribution >= 0.6 is 15.9 Å². The molecule has 0 aromatic carbocycles. The van der Waals surface area contributed by atoms with Crippen molar-refractivity contribution in [2.75, 3.05) is 6.67 Å². The van der Waals surface area contributed by atoms with Gasteiger partial charge in [-0.3, -0.25) is 4.39 Å². The minimum atomic E-state index is -0.153. The molecule has 1 rings (SSSR count). The van der Waals surface area contributed by atoms with Gasteiger partial charge in [0.25, 0.3) is 0 Å². The molecule has 0 nitrogen and oxygen atoms in total. The van der Waals surface area contributed by atoms with Gasteiger partial charge in [-0.1, -0.05) is 22.9 Å². The van der Waals surface area contributed by atoms with Crippen LogP contribution in [0.2, 0.25) is 0 Å². The summed E-state index contributed by atoms with van der Waals surface area (Å²) in [4.78, 5) is 0.361. The average molecular weight is 181 g/mol. The summed E-state index contributed by atoms with van der Waals surface area (Å²) in [7, 11) is 0. The van der Waals surface area contributed by atoms with Crippen molar-refractivity contribution in [1.82, 2.24) is 0 Å². The van der Waals surface area contributed by atoms with Crippen molar-refractivity contribution in [2.45, 2.75) is 24.6 Å². The lowest BCUT2D eigenvalue weighted by atomic mass is 10.1. The third-order valence-electron chi connectivity index (χ3n) is 2.00. The maximum absolute atomic E-state index is 12.1. The second kappa shape index (κ2) is 1.98. The summed E-state index contributed by atoms with van der Waals surface area (Å²) in [6.45, 7) is 1.87. The topological polar surface area (TPSA) is 0 Å². The summed E-state index contributed by atoms with van der Waals surface area (Å²) in [6, 6.07) is 0. The Morgan fingerprint density at radius 3 is 2.25 bits per heavy atom. The van der Waals surface area contributed by atoms with Crippen LogP contribution in [0, 0.1) is 5.41 Å². The lowest BCUT2D eigenvalue weighted by Gasteiger charge is -2.11. The molecule has 1 aliphatic rings. The lowest BCUT2D eigenvalue weighted by Crippen LogP contribution is -2.13. The average Bonchev–Trinajstić information content (AvgIpc) is 2.44. The van der Waals surface area contributed by atoms with Gasteiger partial charge in [0, 0.05) is 10.2 Å². The molecule has 48 valence electrons. The summed E-state index contributed by atoms with van der Waals surface area (Å²) < 4.78 is 12.1. The van der Waals surface area contributed by atoms with Crippen molar-refractivity contribution in [2.24, 2.45) is 5.41 Å². The SMILES string of the molecule is CC(Br)C1(CF)CC1. The van der Waals surface area contributed by atoms with Crippen molar-refractivity contribution in [3.8, 4) is 0 Å². The van der Waals surface area contributed by atoms with E-state index in [1.807, 2.05) is 6.92 Å². The minimum absolute atomic E-state index is 0.0417. The van der Waals surface area contributed by atoms with Crippen LogP contribution in [0.3, 0.4) is 0 Å². The van der Waals surface area contributed by atoms with Crippen LogP contribution in [-0.2, 0) is 0 Å². The third-order valence-corrected chi connectivity index (χ3v) is 2.97. The first-order valence-electron chi connectivity index (χ1n) is 2.91. The third kappa shape index (κ3) is 0.903. The van der Waals surface area contributed by atoms with Crippen LogP contribution in [0.4, 0.5) is 4.39 Å². The zero-order chi connectivity index (χ0) is 6.20. The Morgan fingerprint density at radius 1 is 1.75 bits per heavy atom. The van der Waals surface area contributed by atoms with E-state index in [1.54, 1.807) is 0 Å². The van der Waals surface area contributed by atoms with Gasteiger partial charge in [-0.05, 0) is 12.8 Å². The van der Waals surface area contributed by atoms with Gasteiger partial charge in [0.15, 0.2) is 0 Å². The number of hydrogen-bond acceptors (Lipinski definition) is 0. The molecule has 1 saturated carbocycles. The highest BCUT2D eigenvalue weighted by molar-refractivity contribution is 9.09. The van der Waals surface area contributed by atoms with E-state index in [2.05, 4.69) is 15.9 Å². The van der Waals surface area contributed by atoms with Crippen molar-refractivity contribution in [3.05, 3.63) is 0 Å². The normalized spacial score (nSPS) is 27.4. The summed E-state index contributed by atoms with van der Waals surface area (Å²) in [5.74, 6) is 0. The zero-order valence-corrected chi connectivity index (χ0v) is 6.54. The van der Waals surface area contributed by atoms with Crippen LogP contribution in [0.1, 0.15) is 19.8 Å². The first kappa shape index (κ1) is 6.53. The van der Waals surface area contributed by atoms with Gasteiger partial charge in [0.05, 0.1) is 6.67 Å². The van der Waals surface area contributed by atoms with E-state index in [9.17, 15) is 4.39 Å². The molecule has 8 heavy (non-hydrogen) atoms. The maximum Gasteiger partial charge on any atom is 0.0961 e. The van der Waals surface area contributed by atoms with E-state index < -0.39 is 0 Å². The fourth-order valence-corrected chi connectivity index (χ4v) is 1.38. The molecule has 1 atom stereocenters. The molecule has 0 radical (unpaired) electrons. The highest BCUT2D eigenvalue weighted by Crippen LogP contribution is 2.51. The highest BCUT2D eigenvalue weighted by Gasteiger charge is 2.46. The Balaban J connectivity index is 2.41. The van der Waals surface area contributed by atoms with Crippen LogP contribution in [0.15, 0.2) is 0 Å². The van der Waals surface area contributed by atoms with Gasteiger partial charge in [-0.25, -0.2) is 0 Å². The standard InChI is InChI=1S/C6H10BrF/c1-5(7)6(4-8)2-3-6/h5H,2-4H2,1H3. The first-order chi connectivity index (χ1) is 3.71. The second-order valence-electron chi connectivity index (χ2n) is 2.61. The van der Waals surface area contributed by atoms with Gasteiger partial charge in [-0.15, -0.1) is 0 Å². The van der Waals surface area contributed by atoms with E-state index in [0.29, 0.717) is 4.83 Å². The molecular weight excluding hydrogens is 171 g/mol. The van der Waals surface area contributed by atoms with Crippen LogP contribution in [0.25, 0.3) is 0 Å². The van der Waals surface area contributed by atoms with E-state index in [0.717, 1.165) is 12.8 Å². The quantitative estimate of drug-likeness (QED) is 0.574. The molecule has 0 aromatic heterocycles. The van der Waals surface area contributed by atoms with Gasteiger partial charge < -0.3 is 0 Å². The molecule has 0 N–H and O–H groups in total. The summed E-state index contributed by atoms with van der Waals surface area (Å²) in [5, 5.41) is 0. The Hall–Kier alpha value is 0.410. The smallest absolute Gasteiger partial charge is 0.0961 e. The molecular formula is C6H10BrF. The van der Waals surface area contributed by atoms with E-state index in [-0.39, 0.29) is 12.1 Å². The van der Waals surface area contributed by atoms with Crippen molar-refractivity contribution in [1.29, 1.82) is 0 Å². The summed E-state index contributed by atoms with van der Waals surface area (Å²) in [6.07, 6.45) is 2.13. The number of rotatable bonds is 2. The Bertz CT molecular complexity index is 86.5. The number of halogens is 2. The maximum atomic E-state index is 12.1. The number of alkyl halides is 2. The Kier molecular flexibility index (Phi) is 1.61. The van der Waals surface area contributed by atoms with Crippen LogP contribution in [0.5, 0.6) is 0 Å². The van der Waals surface area contributed by atoms with Crippen LogP contribution < -0.4 is 0 Å². The second-order valence-corrected chi connectivity index (χ2v) is 3.99. The molecule has 0 saturated heterocycles. The minimum Gasteiger partial charge on any atom is -0.250 e. The molecule has 1 unspecified atom stereocenters. The molecule has 1 fully saturated rings. The number of hydrogen-bond donors (Lipinski definition) is 0. The fourth-order valence-electron chi connectivity index (χ4n) is 0.798. The first-order valence-corrected chi connectivity index (χ1v) is 3.83. The van der Waals surface area contributed by atoms with Crippen LogP contribution in [-0.4, -0.2) is 11.5 Å². The van der Waals surface area contributed by atoms with Gasteiger partial charge in [0.1, 0.15) is 0 Å². The molecule has 2 heteroatoms. The monoisotopic (exact) mass is 180 g/mol.